The summed E-state index contributed by atoms with van der Waals surface area (Å²) in [4.78, 5) is 31.9. The van der Waals surface area contributed by atoms with E-state index >= 15 is 0 Å². The van der Waals surface area contributed by atoms with Crippen LogP contribution in [0.2, 0.25) is 0 Å². The minimum Gasteiger partial charge on any atom is -0.487 e. The van der Waals surface area contributed by atoms with Gasteiger partial charge in [0.2, 0.25) is 0 Å². The quantitative estimate of drug-likeness (QED) is 0.912. The van der Waals surface area contributed by atoms with Gasteiger partial charge >= 0.3 is 6.03 Å². The van der Waals surface area contributed by atoms with Crippen LogP contribution in [-0.2, 0) is 0 Å². The lowest BCUT2D eigenvalue weighted by Gasteiger charge is -2.18. The normalized spacial score (nSPS) is 19.5. The number of hydrogen-bond donors (Lipinski definition) is 1. The molecule has 7 heteroatoms. The molecule has 0 saturated carbocycles. The van der Waals surface area contributed by atoms with Crippen LogP contribution >= 0.6 is 0 Å². The van der Waals surface area contributed by atoms with Gasteiger partial charge in [-0.1, -0.05) is 0 Å². The molecule has 26 heavy (non-hydrogen) atoms. The van der Waals surface area contributed by atoms with Crippen molar-refractivity contribution >= 4 is 17.6 Å². The van der Waals surface area contributed by atoms with Crippen LogP contribution in [0.4, 0.5) is 10.5 Å². The summed E-state index contributed by atoms with van der Waals surface area (Å²) < 4.78 is 5.88. The van der Waals surface area contributed by atoms with Crippen molar-refractivity contribution in [2.75, 3.05) is 31.1 Å². The minimum absolute atomic E-state index is 0.0142. The van der Waals surface area contributed by atoms with Gasteiger partial charge in [0.05, 0.1) is 12.7 Å². The Balaban J connectivity index is 1.38. The molecule has 134 valence electrons. The van der Waals surface area contributed by atoms with E-state index in [0.717, 1.165) is 17.9 Å². The standard InChI is InChI=1S/C19H20N4O3/c24-18(14-3-5-15(6-4-14)23-11-9-21-19(23)25)22-10-7-17(13-22)26-16-2-1-8-20-12-16/h1-6,8,12,17H,7,9-11,13H2,(H,21,25). The van der Waals surface area contributed by atoms with Crippen LogP contribution < -0.4 is 15.0 Å². The monoisotopic (exact) mass is 352 g/mol. The zero-order valence-electron chi connectivity index (χ0n) is 14.3. The molecule has 2 aromatic rings. The van der Waals surface area contributed by atoms with E-state index in [0.29, 0.717) is 31.7 Å². The molecule has 7 nitrogen and oxygen atoms in total. The van der Waals surface area contributed by atoms with Crippen molar-refractivity contribution in [1.29, 1.82) is 0 Å². The lowest BCUT2D eigenvalue weighted by Crippen LogP contribution is -2.31. The molecule has 2 saturated heterocycles. The summed E-state index contributed by atoms with van der Waals surface area (Å²) in [5, 5.41) is 2.77. The Hall–Kier alpha value is -3.09. The highest BCUT2D eigenvalue weighted by Crippen LogP contribution is 2.21. The number of benzene rings is 1. The number of likely N-dealkylation sites (tertiary alicyclic amines) is 1. The molecular weight excluding hydrogens is 332 g/mol. The molecule has 1 aromatic carbocycles. The van der Waals surface area contributed by atoms with E-state index in [9.17, 15) is 9.59 Å². The van der Waals surface area contributed by atoms with Gasteiger partial charge in [-0.25, -0.2) is 4.79 Å². The maximum atomic E-state index is 12.7. The van der Waals surface area contributed by atoms with E-state index in [4.69, 9.17) is 4.74 Å². The molecule has 3 heterocycles. The van der Waals surface area contributed by atoms with Crippen molar-refractivity contribution in [3.8, 4) is 5.75 Å². The molecule has 1 unspecified atom stereocenters. The molecule has 1 atom stereocenters. The van der Waals surface area contributed by atoms with Crippen molar-refractivity contribution in [3.05, 3.63) is 54.4 Å². The lowest BCUT2D eigenvalue weighted by atomic mass is 10.1. The van der Waals surface area contributed by atoms with Crippen LogP contribution in [0, 0.1) is 0 Å². The zero-order valence-corrected chi connectivity index (χ0v) is 14.3. The van der Waals surface area contributed by atoms with Crippen LogP contribution in [-0.4, -0.2) is 54.1 Å². The Kier molecular flexibility index (Phi) is 4.43. The number of carbonyl (C=O) groups excluding carboxylic acids is 2. The second-order valence-corrected chi connectivity index (χ2v) is 6.40. The molecule has 3 amide bonds. The molecule has 2 aliphatic heterocycles. The number of carbonyl (C=O) groups is 2. The fraction of sp³-hybridized carbons (Fsp3) is 0.316. The first-order chi connectivity index (χ1) is 12.7. The first-order valence-corrected chi connectivity index (χ1v) is 8.72. The van der Waals surface area contributed by atoms with Crippen LogP contribution in [0.1, 0.15) is 16.8 Å². The second-order valence-electron chi connectivity index (χ2n) is 6.40. The van der Waals surface area contributed by atoms with Crippen molar-refractivity contribution in [3.63, 3.8) is 0 Å². The van der Waals surface area contributed by atoms with Gasteiger partial charge in [0.15, 0.2) is 0 Å². The summed E-state index contributed by atoms with van der Waals surface area (Å²) in [5.41, 5.74) is 1.42. The van der Waals surface area contributed by atoms with E-state index in [1.807, 2.05) is 24.3 Å². The van der Waals surface area contributed by atoms with Crippen molar-refractivity contribution < 1.29 is 14.3 Å². The fourth-order valence-corrected chi connectivity index (χ4v) is 3.30. The number of hydrogen-bond acceptors (Lipinski definition) is 4. The third-order valence-corrected chi connectivity index (χ3v) is 4.65. The summed E-state index contributed by atoms with van der Waals surface area (Å²) in [5.74, 6) is 0.708. The maximum Gasteiger partial charge on any atom is 0.321 e. The molecule has 0 spiro atoms. The number of anilines is 1. The Morgan fingerprint density at radius 3 is 2.73 bits per heavy atom. The Bertz CT molecular complexity index is 794. The highest BCUT2D eigenvalue weighted by atomic mass is 16.5. The Morgan fingerprint density at radius 2 is 2.04 bits per heavy atom. The molecule has 4 rings (SSSR count). The van der Waals surface area contributed by atoms with E-state index in [1.54, 1.807) is 34.3 Å². The topological polar surface area (TPSA) is 74.8 Å². The van der Waals surface area contributed by atoms with Gasteiger partial charge in [-0.15, -0.1) is 0 Å². The minimum atomic E-state index is -0.0981. The number of ether oxygens (including phenoxy) is 1. The number of pyridine rings is 1. The predicted octanol–water partition coefficient (Wildman–Crippen LogP) is 1.90. The number of amides is 3. The second kappa shape index (κ2) is 7.03. The molecule has 0 aliphatic carbocycles. The van der Waals surface area contributed by atoms with Crippen LogP contribution in [0.5, 0.6) is 5.75 Å². The maximum absolute atomic E-state index is 12.7. The van der Waals surface area contributed by atoms with Gasteiger partial charge in [0.1, 0.15) is 11.9 Å². The summed E-state index contributed by atoms with van der Waals surface area (Å²) >= 11 is 0. The molecule has 0 bridgehead atoms. The summed E-state index contributed by atoms with van der Waals surface area (Å²) in [6, 6.07) is 10.8. The van der Waals surface area contributed by atoms with E-state index in [2.05, 4.69) is 10.3 Å². The third-order valence-electron chi connectivity index (χ3n) is 4.65. The highest BCUT2D eigenvalue weighted by molar-refractivity contribution is 5.97. The van der Waals surface area contributed by atoms with Gasteiger partial charge in [0.25, 0.3) is 5.91 Å². The SMILES string of the molecule is O=C(c1ccc(N2CCNC2=O)cc1)N1CCC(Oc2cccnc2)C1. The lowest BCUT2D eigenvalue weighted by molar-refractivity contribution is 0.0772. The highest BCUT2D eigenvalue weighted by Gasteiger charge is 2.28. The summed E-state index contributed by atoms with van der Waals surface area (Å²) in [6.07, 6.45) is 4.16. The van der Waals surface area contributed by atoms with Gasteiger partial charge in [-0.3, -0.25) is 14.7 Å². The first kappa shape index (κ1) is 16.4. The van der Waals surface area contributed by atoms with E-state index in [-0.39, 0.29) is 18.0 Å². The fourth-order valence-electron chi connectivity index (χ4n) is 3.30. The number of aromatic nitrogens is 1. The third kappa shape index (κ3) is 3.33. The number of nitrogens with one attached hydrogen (secondary N) is 1. The van der Waals surface area contributed by atoms with Gasteiger partial charge in [0, 0.05) is 43.5 Å². The number of urea groups is 1. The average molecular weight is 352 g/mol. The Morgan fingerprint density at radius 1 is 1.19 bits per heavy atom. The number of rotatable bonds is 4. The van der Waals surface area contributed by atoms with Crippen LogP contribution in [0.15, 0.2) is 48.8 Å². The van der Waals surface area contributed by atoms with Gasteiger partial charge < -0.3 is 15.0 Å². The molecule has 0 radical (unpaired) electrons. The largest absolute Gasteiger partial charge is 0.487 e. The van der Waals surface area contributed by atoms with Gasteiger partial charge in [-0.2, -0.15) is 0 Å². The van der Waals surface area contributed by atoms with Crippen LogP contribution in [0.25, 0.3) is 0 Å². The van der Waals surface area contributed by atoms with E-state index in [1.165, 1.54) is 0 Å². The van der Waals surface area contributed by atoms with Crippen molar-refractivity contribution in [2.45, 2.75) is 12.5 Å². The average Bonchev–Trinajstić information content (AvgIpc) is 3.31. The molecular formula is C19H20N4O3. The molecule has 2 aliphatic rings. The Labute approximate surface area is 151 Å². The first-order valence-electron chi connectivity index (χ1n) is 8.72. The van der Waals surface area contributed by atoms with Crippen LogP contribution in [0.3, 0.4) is 0 Å². The van der Waals surface area contributed by atoms with E-state index < -0.39 is 0 Å². The molecule has 1 N–H and O–H groups in total. The number of nitrogens with zero attached hydrogens (tertiary/aromatic N) is 3. The molecule has 2 fully saturated rings. The summed E-state index contributed by atoms with van der Waals surface area (Å²) in [6.45, 7) is 2.52. The van der Waals surface area contributed by atoms with Gasteiger partial charge in [-0.05, 0) is 36.4 Å². The van der Waals surface area contributed by atoms with Crippen molar-refractivity contribution in [1.82, 2.24) is 15.2 Å². The van der Waals surface area contributed by atoms with Crippen molar-refractivity contribution in [2.24, 2.45) is 0 Å². The smallest absolute Gasteiger partial charge is 0.321 e. The predicted molar refractivity (Wildman–Crippen MR) is 96.4 cm³/mol. The molecule has 1 aromatic heterocycles. The zero-order chi connectivity index (χ0) is 17.9. The summed E-state index contributed by atoms with van der Waals surface area (Å²) in [7, 11) is 0.